The van der Waals surface area contributed by atoms with Crippen molar-refractivity contribution in [2.24, 2.45) is 0 Å². The molecule has 0 N–H and O–H groups in total. The number of hydrogen-bond acceptors (Lipinski definition) is 0. The van der Waals surface area contributed by atoms with Crippen LogP contribution in [0.15, 0.2) is 109 Å². The number of benzene rings is 6. The molecule has 3 nitrogen and oxygen atoms in total. The number of terminal acetylenes is 2. The molecule has 0 atom stereocenters. The molecule has 9 aromatic rings. The second-order valence-electron chi connectivity index (χ2n) is 15.2. The molecule has 3 aromatic heterocycles. The average molecular weight is 714 g/mol. The van der Waals surface area contributed by atoms with E-state index in [-0.39, 0.29) is 0 Å². The molecule has 3 heterocycles. The van der Waals surface area contributed by atoms with Gasteiger partial charge in [0, 0.05) is 96.2 Å². The van der Waals surface area contributed by atoms with Gasteiger partial charge >= 0.3 is 0 Å². The first kappa shape index (κ1) is 34.6. The van der Waals surface area contributed by atoms with Crippen molar-refractivity contribution in [3.05, 3.63) is 120 Å². The minimum Gasteiger partial charge on any atom is -0.340 e. The molecule has 0 fully saturated rings. The van der Waals surface area contributed by atoms with E-state index in [1.807, 2.05) is 0 Å². The Morgan fingerprint density at radius 2 is 0.618 bits per heavy atom. The number of fused-ring (bicyclic) bond motifs is 9. The third kappa shape index (κ3) is 5.78. The van der Waals surface area contributed by atoms with Gasteiger partial charge in [-0.3, -0.25) is 0 Å². The van der Waals surface area contributed by atoms with Crippen molar-refractivity contribution < 1.29 is 0 Å². The molecule has 0 radical (unpaired) electrons. The van der Waals surface area contributed by atoms with Crippen LogP contribution in [0.25, 0.3) is 87.7 Å². The normalized spacial score (nSPS) is 11.8. The van der Waals surface area contributed by atoms with Crippen molar-refractivity contribution in [2.75, 3.05) is 0 Å². The summed E-state index contributed by atoms with van der Waals surface area (Å²) in [6, 6.07) is 41.0. The van der Waals surface area contributed by atoms with Gasteiger partial charge < -0.3 is 13.7 Å². The summed E-state index contributed by atoms with van der Waals surface area (Å²) >= 11 is 0. The van der Waals surface area contributed by atoms with Crippen molar-refractivity contribution in [3.63, 3.8) is 0 Å². The fourth-order valence-corrected chi connectivity index (χ4v) is 8.88. The SMILES string of the molecule is C#Cc1ccc2c(c1)c1cc(-c3ccc4c(c3)c3cc(-c5ccc6c(c5)c5cc(C#C)ccc5n6CCCC)ccc3n4CCCC)ccc1n2CCCC. The lowest BCUT2D eigenvalue weighted by atomic mass is 9.98. The molecule has 3 heteroatoms. The number of rotatable bonds is 11. The highest BCUT2D eigenvalue weighted by molar-refractivity contribution is 6.13. The molecule has 0 spiro atoms. The van der Waals surface area contributed by atoms with Crippen molar-refractivity contribution in [3.8, 4) is 46.9 Å². The maximum atomic E-state index is 5.88. The second-order valence-corrected chi connectivity index (χ2v) is 15.2. The molecule has 0 aliphatic heterocycles. The summed E-state index contributed by atoms with van der Waals surface area (Å²) in [7, 11) is 0. The minimum absolute atomic E-state index is 0.920. The Hall–Kier alpha value is -6.16. The van der Waals surface area contributed by atoms with E-state index in [1.54, 1.807) is 0 Å². The van der Waals surface area contributed by atoms with Crippen molar-refractivity contribution in [2.45, 2.75) is 78.9 Å². The van der Waals surface area contributed by atoms with E-state index >= 15 is 0 Å². The van der Waals surface area contributed by atoms with Crippen LogP contribution in [0.2, 0.25) is 0 Å². The monoisotopic (exact) mass is 713 g/mol. The van der Waals surface area contributed by atoms with Crippen LogP contribution in [0.1, 0.15) is 70.4 Å². The Morgan fingerprint density at radius 3 is 0.873 bits per heavy atom. The Labute approximate surface area is 324 Å². The predicted octanol–water partition coefficient (Wildman–Crippen LogP) is 13.7. The standard InChI is InChI=1S/C52H47N3/c1-6-11-26-53-47-20-14-35(9-4)29-41(47)43-31-37(16-22-49(43)53)39-18-24-51-45(33-39)46-34-40(19-25-52(46)55(51)28-13-8-3)38-17-23-50-44(32-38)42-30-36(10-5)15-21-48(42)54(50)27-12-7-2/h4-5,14-25,29-34H,6-8,11-13,26-28H2,1-3H3. The number of aromatic nitrogens is 3. The predicted molar refractivity (Wildman–Crippen MR) is 237 cm³/mol. The van der Waals surface area contributed by atoms with E-state index in [4.69, 9.17) is 12.8 Å². The van der Waals surface area contributed by atoms with E-state index < -0.39 is 0 Å². The average Bonchev–Trinajstić information content (AvgIpc) is 3.84. The highest BCUT2D eigenvalue weighted by Crippen LogP contribution is 2.39. The van der Waals surface area contributed by atoms with Crippen LogP contribution < -0.4 is 0 Å². The zero-order chi connectivity index (χ0) is 37.6. The first-order chi connectivity index (χ1) is 27.0. The molecule has 0 unspecified atom stereocenters. The number of hydrogen-bond donors (Lipinski definition) is 0. The molecule has 9 rings (SSSR count). The van der Waals surface area contributed by atoms with Crippen molar-refractivity contribution in [1.82, 2.24) is 13.7 Å². The van der Waals surface area contributed by atoms with Gasteiger partial charge in [0.15, 0.2) is 0 Å². The van der Waals surface area contributed by atoms with Gasteiger partial charge in [-0.25, -0.2) is 0 Å². The Balaban J connectivity index is 1.20. The van der Waals surface area contributed by atoms with Crippen LogP contribution >= 0.6 is 0 Å². The zero-order valence-electron chi connectivity index (χ0n) is 32.3. The lowest BCUT2D eigenvalue weighted by Gasteiger charge is -2.09. The van der Waals surface area contributed by atoms with E-state index in [2.05, 4.69) is 156 Å². The van der Waals surface area contributed by atoms with E-state index in [0.717, 1.165) is 69.3 Å². The van der Waals surface area contributed by atoms with Crippen LogP contribution in [0.4, 0.5) is 0 Å². The molecule has 0 aliphatic rings. The molecule has 0 aliphatic carbocycles. The summed E-state index contributed by atoms with van der Waals surface area (Å²) in [5.41, 5.74) is 14.3. The summed E-state index contributed by atoms with van der Waals surface area (Å²) in [6.07, 6.45) is 18.6. The van der Waals surface area contributed by atoms with E-state index in [0.29, 0.717) is 0 Å². The van der Waals surface area contributed by atoms with Crippen LogP contribution in [-0.2, 0) is 19.6 Å². The Bertz CT molecular complexity index is 2820. The molecule has 0 bridgehead atoms. The van der Waals surface area contributed by atoms with Gasteiger partial charge in [-0.1, -0.05) is 76.1 Å². The summed E-state index contributed by atoms with van der Waals surface area (Å²) in [5.74, 6) is 5.72. The maximum Gasteiger partial charge on any atom is 0.0492 e. The first-order valence-corrected chi connectivity index (χ1v) is 20.2. The van der Waals surface area contributed by atoms with Crippen LogP contribution in [-0.4, -0.2) is 13.7 Å². The molecular weight excluding hydrogens is 667 g/mol. The number of nitrogens with zero attached hydrogens (tertiary/aromatic N) is 3. The summed E-state index contributed by atoms with van der Waals surface area (Å²) in [6.45, 7) is 9.77. The lowest BCUT2D eigenvalue weighted by molar-refractivity contribution is 0.665. The fourth-order valence-electron chi connectivity index (χ4n) is 8.88. The van der Waals surface area contributed by atoms with E-state index in [1.165, 1.54) is 87.7 Å². The third-order valence-corrected chi connectivity index (χ3v) is 11.8. The van der Waals surface area contributed by atoms with Gasteiger partial charge in [-0.2, -0.15) is 0 Å². The van der Waals surface area contributed by atoms with Crippen molar-refractivity contribution >= 4 is 65.4 Å². The highest BCUT2D eigenvalue weighted by Gasteiger charge is 2.17. The zero-order valence-corrected chi connectivity index (χ0v) is 32.3. The lowest BCUT2D eigenvalue weighted by Crippen LogP contribution is -1.97. The maximum absolute atomic E-state index is 5.88. The molecule has 0 amide bonds. The third-order valence-electron chi connectivity index (χ3n) is 11.8. The molecule has 0 saturated heterocycles. The summed E-state index contributed by atoms with van der Waals surface area (Å²) in [4.78, 5) is 0. The quantitative estimate of drug-likeness (QED) is 0.119. The topological polar surface area (TPSA) is 14.8 Å². The van der Waals surface area contributed by atoms with Gasteiger partial charge in [0.25, 0.3) is 0 Å². The van der Waals surface area contributed by atoms with Gasteiger partial charge in [0.1, 0.15) is 0 Å². The van der Waals surface area contributed by atoms with Gasteiger partial charge in [-0.15, -0.1) is 12.8 Å². The Kier molecular flexibility index (Phi) is 8.96. The van der Waals surface area contributed by atoms with Crippen LogP contribution in [0, 0.1) is 24.7 Å². The van der Waals surface area contributed by atoms with Crippen LogP contribution in [0.5, 0.6) is 0 Å². The fraction of sp³-hybridized carbons (Fsp3) is 0.231. The minimum atomic E-state index is 0.920. The van der Waals surface area contributed by atoms with Gasteiger partial charge in [0.2, 0.25) is 0 Å². The molecule has 0 saturated carbocycles. The van der Waals surface area contributed by atoms with Crippen molar-refractivity contribution in [1.29, 1.82) is 0 Å². The molecule has 55 heavy (non-hydrogen) atoms. The second kappa shape index (κ2) is 14.2. The summed E-state index contributed by atoms with van der Waals surface area (Å²) in [5, 5.41) is 7.56. The largest absolute Gasteiger partial charge is 0.340 e. The molecule has 6 aromatic carbocycles. The Morgan fingerprint density at radius 1 is 0.364 bits per heavy atom. The summed E-state index contributed by atoms with van der Waals surface area (Å²) < 4.78 is 7.47. The molecule has 270 valence electrons. The number of aryl methyl sites for hydroxylation is 3. The first-order valence-electron chi connectivity index (χ1n) is 20.2. The van der Waals surface area contributed by atoms with E-state index in [9.17, 15) is 0 Å². The highest BCUT2D eigenvalue weighted by atomic mass is 15.0. The van der Waals surface area contributed by atoms with Crippen LogP contribution in [0.3, 0.4) is 0 Å². The number of unbranched alkanes of at least 4 members (excludes halogenated alkanes) is 3. The van der Waals surface area contributed by atoms with Gasteiger partial charge in [-0.05, 0) is 126 Å². The van der Waals surface area contributed by atoms with Gasteiger partial charge in [0.05, 0.1) is 0 Å². The molecular formula is C52H47N3. The smallest absolute Gasteiger partial charge is 0.0492 e.